The van der Waals surface area contributed by atoms with Gasteiger partial charge in [-0.1, -0.05) is 6.07 Å². The van der Waals surface area contributed by atoms with E-state index >= 15 is 0 Å². The molecule has 0 radical (unpaired) electrons. The van der Waals surface area contributed by atoms with Gasteiger partial charge in [0, 0.05) is 25.2 Å². The van der Waals surface area contributed by atoms with Gasteiger partial charge >= 0.3 is 0 Å². The van der Waals surface area contributed by atoms with Crippen molar-refractivity contribution >= 4 is 12.0 Å². The number of hydrogen-bond donors (Lipinski definition) is 1. The standard InChI is InChI=1S/C17H24N2O3/c1-3-21-15-7-5-13(11-16(15)22-4-2)6-8-17(20)19-10-9-14(18)12-19/h5-8,11,14H,3-4,9-10,12,18H2,1-2H3. The highest BCUT2D eigenvalue weighted by atomic mass is 16.5. The van der Waals surface area contributed by atoms with Crippen molar-refractivity contribution in [3.8, 4) is 11.5 Å². The molecule has 2 rings (SSSR count). The number of nitrogens with zero attached hydrogens (tertiary/aromatic N) is 1. The first-order valence-corrected chi connectivity index (χ1v) is 7.76. The molecular weight excluding hydrogens is 280 g/mol. The normalized spacial score (nSPS) is 18.0. The molecular formula is C17H24N2O3. The Kier molecular flexibility index (Phi) is 5.83. The molecule has 1 unspecified atom stereocenters. The third-order valence-corrected chi connectivity index (χ3v) is 3.52. The summed E-state index contributed by atoms with van der Waals surface area (Å²) in [5.41, 5.74) is 6.73. The summed E-state index contributed by atoms with van der Waals surface area (Å²) in [7, 11) is 0. The molecule has 1 aromatic rings. The summed E-state index contributed by atoms with van der Waals surface area (Å²) in [5.74, 6) is 1.42. The van der Waals surface area contributed by atoms with E-state index in [2.05, 4.69) is 0 Å². The van der Waals surface area contributed by atoms with Crippen molar-refractivity contribution in [3.05, 3.63) is 29.8 Å². The molecule has 0 aromatic heterocycles. The lowest BCUT2D eigenvalue weighted by Gasteiger charge is -2.13. The molecule has 0 spiro atoms. The van der Waals surface area contributed by atoms with Crippen LogP contribution < -0.4 is 15.2 Å². The van der Waals surface area contributed by atoms with Crippen molar-refractivity contribution in [2.75, 3.05) is 26.3 Å². The van der Waals surface area contributed by atoms with E-state index in [9.17, 15) is 4.79 Å². The van der Waals surface area contributed by atoms with Crippen LogP contribution in [0.15, 0.2) is 24.3 Å². The summed E-state index contributed by atoms with van der Waals surface area (Å²) in [6.45, 7) is 6.39. The minimum atomic E-state index is -0.000190. The number of carbonyl (C=O) groups excluding carboxylic acids is 1. The number of carbonyl (C=O) groups is 1. The Balaban J connectivity index is 2.06. The highest BCUT2D eigenvalue weighted by molar-refractivity contribution is 5.92. The highest BCUT2D eigenvalue weighted by Gasteiger charge is 2.21. The van der Waals surface area contributed by atoms with Gasteiger partial charge in [-0.3, -0.25) is 4.79 Å². The maximum absolute atomic E-state index is 12.1. The Bertz CT molecular complexity index is 543. The van der Waals surface area contributed by atoms with Gasteiger partial charge in [0.25, 0.3) is 0 Å². The van der Waals surface area contributed by atoms with Crippen molar-refractivity contribution in [2.45, 2.75) is 26.3 Å². The molecule has 120 valence electrons. The Labute approximate surface area is 131 Å². The largest absolute Gasteiger partial charge is 0.490 e. The fourth-order valence-corrected chi connectivity index (χ4v) is 2.43. The van der Waals surface area contributed by atoms with E-state index in [0.29, 0.717) is 25.5 Å². The predicted octanol–water partition coefficient (Wildman–Crippen LogP) is 2.06. The Morgan fingerprint density at radius 3 is 2.68 bits per heavy atom. The number of nitrogens with two attached hydrogens (primary N) is 1. The highest BCUT2D eigenvalue weighted by Crippen LogP contribution is 2.29. The van der Waals surface area contributed by atoms with Crippen LogP contribution in [0.2, 0.25) is 0 Å². The van der Waals surface area contributed by atoms with E-state index in [1.165, 1.54) is 0 Å². The van der Waals surface area contributed by atoms with E-state index in [1.54, 1.807) is 17.1 Å². The van der Waals surface area contributed by atoms with Crippen LogP contribution in [0.5, 0.6) is 11.5 Å². The van der Waals surface area contributed by atoms with Crippen LogP contribution in [0.25, 0.3) is 6.08 Å². The molecule has 0 bridgehead atoms. The third-order valence-electron chi connectivity index (χ3n) is 3.52. The molecule has 1 atom stereocenters. The fraction of sp³-hybridized carbons (Fsp3) is 0.471. The van der Waals surface area contributed by atoms with Crippen LogP contribution in [0.3, 0.4) is 0 Å². The van der Waals surface area contributed by atoms with Crippen LogP contribution in [0.1, 0.15) is 25.8 Å². The number of ether oxygens (including phenoxy) is 2. The third kappa shape index (κ3) is 4.24. The zero-order valence-electron chi connectivity index (χ0n) is 13.2. The molecule has 1 fully saturated rings. The zero-order chi connectivity index (χ0) is 15.9. The van der Waals surface area contributed by atoms with Crippen molar-refractivity contribution < 1.29 is 14.3 Å². The number of rotatable bonds is 6. The molecule has 0 aliphatic carbocycles. The monoisotopic (exact) mass is 304 g/mol. The molecule has 1 heterocycles. The molecule has 5 heteroatoms. The summed E-state index contributed by atoms with van der Waals surface area (Å²) in [4.78, 5) is 13.8. The molecule has 1 aliphatic rings. The Morgan fingerprint density at radius 2 is 2.05 bits per heavy atom. The van der Waals surface area contributed by atoms with E-state index in [4.69, 9.17) is 15.2 Å². The molecule has 1 aliphatic heterocycles. The van der Waals surface area contributed by atoms with Crippen molar-refractivity contribution in [1.29, 1.82) is 0 Å². The molecule has 1 aromatic carbocycles. The number of amides is 1. The van der Waals surface area contributed by atoms with Crippen molar-refractivity contribution in [3.63, 3.8) is 0 Å². The quantitative estimate of drug-likeness (QED) is 0.817. The first kappa shape index (κ1) is 16.4. The number of likely N-dealkylation sites (tertiary alicyclic amines) is 1. The van der Waals surface area contributed by atoms with Crippen molar-refractivity contribution in [1.82, 2.24) is 4.90 Å². The summed E-state index contributed by atoms with van der Waals surface area (Å²) >= 11 is 0. The summed E-state index contributed by atoms with van der Waals surface area (Å²) < 4.78 is 11.1. The first-order chi connectivity index (χ1) is 10.6. The van der Waals surface area contributed by atoms with Crippen LogP contribution in [-0.4, -0.2) is 43.2 Å². The zero-order valence-corrected chi connectivity index (χ0v) is 13.2. The topological polar surface area (TPSA) is 64.8 Å². The van der Waals surface area contributed by atoms with Gasteiger partial charge in [-0.2, -0.15) is 0 Å². The van der Waals surface area contributed by atoms with Crippen LogP contribution in [0.4, 0.5) is 0 Å². The van der Waals surface area contributed by atoms with Gasteiger partial charge in [-0.15, -0.1) is 0 Å². The smallest absolute Gasteiger partial charge is 0.246 e. The number of hydrogen-bond acceptors (Lipinski definition) is 4. The van der Waals surface area contributed by atoms with Gasteiger partial charge in [-0.25, -0.2) is 0 Å². The fourth-order valence-electron chi connectivity index (χ4n) is 2.43. The molecule has 5 nitrogen and oxygen atoms in total. The van der Waals surface area contributed by atoms with Gasteiger partial charge in [0.05, 0.1) is 13.2 Å². The molecule has 1 saturated heterocycles. The van der Waals surface area contributed by atoms with Crippen LogP contribution in [0, 0.1) is 0 Å². The van der Waals surface area contributed by atoms with Crippen LogP contribution in [-0.2, 0) is 4.79 Å². The van der Waals surface area contributed by atoms with E-state index in [1.807, 2.05) is 32.0 Å². The second kappa shape index (κ2) is 7.84. The lowest BCUT2D eigenvalue weighted by atomic mass is 10.2. The Hall–Kier alpha value is -2.01. The maximum atomic E-state index is 12.1. The summed E-state index contributed by atoms with van der Waals surface area (Å²) in [6.07, 6.45) is 4.25. The molecule has 2 N–H and O–H groups in total. The lowest BCUT2D eigenvalue weighted by molar-refractivity contribution is -0.124. The van der Waals surface area contributed by atoms with Gasteiger partial charge in [-0.05, 0) is 44.0 Å². The van der Waals surface area contributed by atoms with E-state index in [-0.39, 0.29) is 11.9 Å². The minimum absolute atomic E-state index is 0.000190. The summed E-state index contributed by atoms with van der Waals surface area (Å²) in [5, 5.41) is 0. The van der Waals surface area contributed by atoms with Gasteiger partial charge in [0.1, 0.15) is 0 Å². The summed E-state index contributed by atoms with van der Waals surface area (Å²) in [6, 6.07) is 5.76. The van der Waals surface area contributed by atoms with Gasteiger partial charge < -0.3 is 20.1 Å². The van der Waals surface area contributed by atoms with Crippen LogP contribution >= 0.6 is 0 Å². The van der Waals surface area contributed by atoms with Gasteiger partial charge in [0.15, 0.2) is 11.5 Å². The lowest BCUT2D eigenvalue weighted by Crippen LogP contribution is -2.30. The van der Waals surface area contributed by atoms with Gasteiger partial charge in [0.2, 0.25) is 5.91 Å². The second-order valence-corrected chi connectivity index (χ2v) is 5.24. The van der Waals surface area contributed by atoms with E-state index in [0.717, 1.165) is 24.3 Å². The average Bonchev–Trinajstić information content (AvgIpc) is 2.94. The molecule has 0 saturated carbocycles. The number of benzene rings is 1. The van der Waals surface area contributed by atoms with E-state index < -0.39 is 0 Å². The minimum Gasteiger partial charge on any atom is -0.490 e. The second-order valence-electron chi connectivity index (χ2n) is 5.24. The maximum Gasteiger partial charge on any atom is 0.246 e. The predicted molar refractivity (Wildman–Crippen MR) is 87.0 cm³/mol. The Morgan fingerprint density at radius 1 is 1.32 bits per heavy atom. The molecule has 22 heavy (non-hydrogen) atoms. The first-order valence-electron chi connectivity index (χ1n) is 7.76. The van der Waals surface area contributed by atoms with Crippen molar-refractivity contribution in [2.24, 2.45) is 5.73 Å². The molecule has 1 amide bonds. The average molecular weight is 304 g/mol. The SMILES string of the molecule is CCOc1ccc(C=CC(=O)N2CCC(N)C2)cc1OCC.